The molecule has 0 saturated heterocycles. The number of ketones is 2. The van der Waals surface area contributed by atoms with Crippen molar-refractivity contribution in [1.29, 1.82) is 0 Å². The highest BCUT2D eigenvalue weighted by atomic mass is 16.5. The Hall–Kier alpha value is -1.19. The molecule has 4 aliphatic rings. The fraction of sp³-hybridized carbons (Fsp3) is 0.870. The van der Waals surface area contributed by atoms with E-state index in [0.29, 0.717) is 35.9 Å². The lowest BCUT2D eigenvalue weighted by molar-refractivity contribution is -0.191. The maximum atomic E-state index is 12.4. The van der Waals surface area contributed by atoms with E-state index in [1.165, 1.54) is 6.92 Å². The molecule has 0 aromatic heterocycles. The molecule has 0 radical (unpaired) electrons. The number of carbonyl (C=O) groups is 3. The molecule has 8 atom stereocenters. The summed E-state index contributed by atoms with van der Waals surface area (Å²) < 4.78 is 5.93. The van der Waals surface area contributed by atoms with Gasteiger partial charge in [-0.15, -0.1) is 0 Å². The van der Waals surface area contributed by atoms with Gasteiger partial charge >= 0.3 is 5.97 Å². The molecule has 4 fully saturated rings. The Labute approximate surface area is 162 Å². The number of rotatable bonds is 2. The smallest absolute Gasteiger partial charge is 0.302 e. The third-order valence-electron chi connectivity index (χ3n) is 9.36. The first kappa shape index (κ1) is 19.1. The second-order valence-electron chi connectivity index (χ2n) is 10.3. The summed E-state index contributed by atoms with van der Waals surface area (Å²) in [5.41, 5.74) is -0.0583. The average Bonchev–Trinajstić information content (AvgIpc) is 2.95. The molecule has 4 saturated carbocycles. The second-order valence-corrected chi connectivity index (χ2v) is 10.3. The highest BCUT2D eigenvalue weighted by Crippen LogP contribution is 2.67. The zero-order chi connectivity index (χ0) is 19.6. The van der Waals surface area contributed by atoms with E-state index < -0.39 is 0 Å². The molecule has 150 valence electrons. The van der Waals surface area contributed by atoms with E-state index in [0.717, 1.165) is 44.9 Å². The summed E-state index contributed by atoms with van der Waals surface area (Å²) in [6.07, 6.45) is 7.39. The third kappa shape index (κ3) is 2.73. The molecule has 0 aromatic rings. The lowest BCUT2D eigenvalue weighted by atomic mass is 9.44. The molecular formula is C23H34O4. The zero-order valence-electron chi connectivity index (χ0n) is 17.3. The molecule has 4 nitrogen and oxygen atoms in total. The maximum Gasteiger partial charge on any atom is 0.302 e. The summed E-state index contributed by atoms with van der Waals surface area (Å²) in [5.74, 6) is 2.47. The minimum Gasteiger partial charge on any atom is -0.462 e. The van der Waals surface area contributed by atoms with Gasteiger partial charge in [0.05, 0.1) is 0 Å². The highest BCUT2D eigenvalue weighted by molar-refractivity contribution is 5.80. The van der Waals surface area contributed by atoms with Gasteiger partial charge in [0.15, 0.2) is 0 Å². The molecule has 0 bridgehead atoms. The second kappa shape index (κ2) is 6.42. The molecule has 27 heavy (non-hydrogen) atoms. The van der Waals surface area contributed by atoms with Crippen molar-refractivity contribution in [1.82, 2.24) is 0 Å². The molecule has 0 aromatic carbocycles. The van der Waals surface area contributed by atoms with Gasteiger partial charge in [-0.1, -0.05) is 13.8 Å². The number of hydrogen-bond donors (Lipinski definition) is 0. The summed E-state index contributed by atoms with van der Waals surface area (Å²) in [5, 5.41) is 0. The Bertz CT molecular complexity index is 669. The van der Waals surface area contributed by atoms with Crippen LogP contribution in [0.2, 0.25) is 0 Å². The van der Waals surface area contributed by atoms with Crippen LogP contribution in [0.4, 0.5) is 0 Å². The molecule has 0 amide bonds. The van der Waals surface area contributed by atoms with Gasteiger partial charge in [-0.3, -0.25) is 14.4 Å². The van der Waals surface area contributed by atoms with Crippen LogP contribution in [0.3, 0.4) is 0 Å². The van der Waals surface area contributed by atoms with Crippen LogP contribution >= 0.6 is 0 Å². The van der Waals surface area contributed by atoms with Gasteiger partial charge in [-0.2, -0.15) is 0 Å². The van der Waals surface area contributed by atoms with Crippen LogP contribution in [0.1, 0.15) is 79.1 Å². The molecular weight excluding hydrogens is 340 g/mol. The topological polar surface area (TPSA) is 60.4 Å². The fourth-order valence-corrected chi connectivity index (χ4v) is 8.02. The first-order valence-corrected chi connectivity index (χ1v) is 10.9. The first-order chi connectivity index (χ1) is 12.7. The fourth-order valence-electron chi connectivity index (χ4n) is 8.02. The Morgan fingerprint density at radius 3 is 2.44 bits per heavy atom. The quantitative estimate of drug-likeness (QED) is 0.675. The predicted octanol–water partition coefficient (Wildman–Crippen LogP) is 4.35. The Morgan fingerprint density at radius 1 is 1.04 bits per heavy atom. The summed E-state index contributed by atoms with van der Waals surface area (Å²) in [4.78, 5) is 36.5. The van der Waals surface area contributed by atoms with E-state index in [1.807, 2.05) is 0 Å². The van der Waals surface area contributed by atoms with Crippen molar-refractivity contribution in [3.63, 3.8) is 0 Å². The monoisotopic (exact) mass is 374 g/mol. The molecule has 0 heterocycles. The SMILES string of the molecule is CC(=O)O[C@H]1C[C@H]2[C@@H](CC[C@H]3CC(=O)CC[C@@]32C)[C@@H]2CC[C@H](C(C)=O)[C@@]12C. The molecule has 0 N–H and O–H groups in total. The first-order valence-electron chi connectivity index (χ1n) is 10.9. The third-order valence-corrected chi connectivity index (χ3v) is 9.36. The molecule has 0 aliphatic heterocycles. The highest BCUT2D eigenvalue weighted by Gasteiger charge is 2.65. The average molecular weight is 375 g/mol. The van der Waals surface area contributed by atoms with Crippen LogP contribution in [-0.2, 0) is 19.1 Å². The minimum absolute atomic E-state index is 0.00580. The van der Waals surface area contributed by atoms with E-state index in [-0.39, 0.29) is 34.6 Å². The van der Waals surface area contributed by atoms with Gasteiger partial charge in [0.2, 0.25) is 0 Å². The van der Waals surface area contributed by atoms with Gasteiger partial charge in [0, 0.05) is 31.1 Å². The number of Topliss-reactive ketones (excluding diaryl/α,β-unsaturated/α-hetero) is 2. The van der Waals surface area contributed by atoms with Crippen LogP contribution in [0.5, 0.6) is 0 Å². The molecule has 4 heteroatoms. The van der Waals surface area contributed by atoms with Crippen molar-refractivity contribution in [3.05, 3.63) is 0 Å². The van der Waals surface area contributed by atoms with Gasteiger partial charge in [-0.05, 0) is 74.5 Å². The van der Waals surface area contributed by atoms with Crippen molar-refractivity contribution in [2.75, 3.05) is 0 Å². The normalized spacial score (nSPS) is 49.0. The number of fused-ring (bicyclic) bond motifs is 5. The van der Waals surface area contributed by atoms with E-state index in [1.54, 1.807) is 6.92 Å². The summed E-state index contributed by atoms with van der Waals surface area (Å²) in [6, 6.07) is 0. The Morgan fingerprint density at radius 2 is 1.78 bits per heavy atom. The van der Waals surface area contributed by atoms with Crippen molar-refractivity contribution in [2.45, 2.75) is 85.2 Å². The Balaban J connectivity index is 1.72. The van der Waals surface area contributed by atoms with Crippen LogP contribution in [0, 0.1) is 40.4 Å². The van der Waals surface area contributed by atoms with E-state index in [4.69, 9.17) is 4.74 Å². The molecule has 4 rings (SSSR count). The van der Waals surface area contributed by atoms with Gasteiger partial charge in [0.1, 0.15) is 17.7 Å². The predicted molar refractivity (Wildman–Crippen MR) is 102 cm³/mol. The van der Waals surface area contributed by atoms with Crippen molar-refractivity contribution in [3.8, 4) is 0 Å². The van der Waals surface area contributed by atoms with Crippen LogP contribution in [-0.4, -0.2) is 23.6 Å². The summed E-state index contributed by atoms with van der Waals surface area (Å²) >= 11 is 0. The van der Waals surface area contributed by atoms with E-state index in [2.05, 4.69) is 13.8 Å². The Kier molecular flexibility index (Phi) is 4.55. The van der Waals surface area contributed by atoms with E-state index >= 15 is 0 Å². The van der Waals surface area contributed by atoms with Crippen LogP contribution < -0.4 is 0 Å². The van der Waals surface area contributed by atoms with E-state index in [9.17, 15) is 14.4 Å². The van der Waals surface area contributed by atoms with Crippen LogP contribution in [0.15, 0.2) is 0 Å². The van der Waals surface area contributed by atoms with Gasteiger partial charge in [0.25, 0.3) is 0 Å². The standard InChI is InChI=1S/C23H34O4/c1-13(24)18-7-8-19-17-6-5-15-11-16(26)9-10-22(15,3)20(17)12-21(23(18,19)4)27-14(2)25/h15,17-21H,5-12H2,1-4H3/t15-,17-,18+,19-,20-,21-,22-,23+/m0/s1. The van der Waals surface area contributed by atoms with Gasteiger partial charge < -0.3 is 4.74 Å². The lowest BCUT2D eigenvalue weighted by Crippen LogP contribution is -2.59. The van der Waals surface area contributed by atoms with Gasteiger partial charge in [-0.25, -0.2) is 0 Å². The number of esters is 1. The van der Waals surface area contributed by atoms with Crippen molar-refractivity contribution < 1.29 is 19.1 Å². The van der Waals surface area contributed by atoms with Crippen LogP contribution in [0.25, 0.3) is 0 Å². The maximum absolute atomic E-state index is 12.4. The van der Waals surface area contributed by atoms with Crippen molar-refractivity contribution in [2.24, 2.45) is 40.4 Å². The number of carbonyl (C=O) groups excluding carboxylic acids is 3. The zero-order valence-corrected chi connectivity index (χ0v) is 17.3. The molecule has 4 aliphatic carbocycles. The summed E-state index contributed by atoms with van der Waals surface area (Å²) in [7, 11) is 0. The number of hydrogen-bond acceptors (Lipinski definition) is 4. The minimum atomic E-state index is -0.232. The summed E-state index contributed by atoms with van der Waals surface area (Å²) in [6.45, 7) is 7.82. The van der Waals surface area contributed by atoms with Crippen molar-refractivity contribution >= 4 is 17.5 Å². The number of ether oxygens (including phenoxy) is 1. The lowest BCUT2D eigenvalue weighted by Gasteiger charge is -2.61. The molecule has 0 unspecified atom stereocenters. The molecule has 0 spiro atoms. The largest absolute Gasteiger partial charge is 0.462 e.